The van der Waals surface area contributed by atoms with Crippen molar-refractivity contribution in [3.05, 3.63) is 41.6 Å². The Morgan fingerprint density at radius 1 is 1.19 bits per heavy atom. The molecule has 6 nitrogen and oxygen atoms in total. The number of carbonyl (C=O) groups is 1. The predicted octanol–water partition coefficient (Wildman–Crippen LogP) is 2.14. The highest BCUT2D eigenvalue weighted by molar-refractivity contribution is 7.92. The summed E-state index contributed by atoms with van der Waals surface area (Å²) in [5.74, 6) is 0.364. The minimum Gasteiger partial charge on any atom is -0.380 e. The number of para-hydroxylation sites is 1. The van der Waals surface area contributed by atoms with E-state index in [1.165, 1.54) is 0 Å². The maximum Gasteiger partial charge on any atom is 0.254 e. The zero-order chi connectivity index (χ0) is 18.6. The molecule has 7 heteroatoms. The molecule has 3 heterocycles. The Morgan fingerprint density at radius 2 is 2.00 bits per heavy atom. The zero-order valence-corrected chi connectivity index (χ0v) is 15.8. The van der Waals surface area contributed by atoms with E-state index in [4.69, 9.17) is 9.72 Å². The third kappa shape index (κ3) is 2.93. The number of ether oxygens (including phenoxy) is 1. The van der Waals surface area contributed by atoms with Gasteiger partial charge in [0.1, 0.15) is 5.25 Å². The first kappa shape index (κ1) is 17.1. The SMILES string of the molecule is O=C(c1cc(C2CC2)nc2ccccc12)N1CCS(=O)(=O)C2COCCC21. The molecule has 142 valence electrons. The minimum absolute atomic E-state index is 0.00175. The van der Waals surface area contributed by atoms with Gasteiger partial charge in [0.15, 0.2) is 9.84 Å². The second kappa shape index (κ2) is 6.27. The molecule has 1 aromatic heterocycles. The molecule has 5 rings (SSSR count). The van der Waals surface area contributed by atoms with Gasteiger partial charge in [0.05, 0.1) is 29.5 Å². The molecule has 1 aliphatic carbocycles. The summed E-state index contributed by atoms with van der Waals surface area (Å²) in [6, 6.07) is 9.34. The minimum atomic E-state index is -3.22. The van der Waals surface area contributed by atoms with Crippen molar-refractivity contribution in [1.29, 1.82) is 0 Å². The number of aromatic nitrogens is 1. The molecule has 0 spiro atoms. The van der Waals surface area contributed by atoms with Crippen molar-refractivity contribution in [2.24, 2.45) is 0 Å². The van der Waals surface area contributed by atoms with Gasteiger partial charge in [-0.1, -0.05) is 18.2 Å². The molecule has 2 unspecified atom stereocenters. The maximum atomic E-state index is 13.5. The highest BCUT2D eigenvalue weighted by atomic mass is 32.2. The van der Waals surface area contributed by atoms with Gasteiger partial charge < -0.3 is 9.64 Å². The Labute approximate surface area is 158 Å². The van der Waals surface area contributed by atoms with Crippen molar-refractivity contribution in [3.63, 3.8) is 0 Å². The van der Waals surface area contributed by atoms with Gasteiger partial charge in [-0.05, 0) is 31.4 Å². The number of amides is 1. The van der Waals surface area contributed by atoms with Gasteiger partial charge in [-0.25, -0.2) is 8.42 Å². The number of pyridine rings is 1. The quantitative estimate of drug-likeness (QED) is 0.790. The van der Waals surface area contributed by atoms with E-state index in [0.717, 1.165) is 29.4 Å². The molecule has 2 aliphatic heterocycles. The van der Waals surface area contributed by atoms with E-state index >= 15 is 0 Å². The smallest absolute Gasteiger partial charge is 0.254 e. The summed E-state index contributed by atoms with van der Waals surface area (Å²) < 4.78 is 30.3. The van der Waals surface area contributed by atoms with E-state index < -0.39 is 15.1 Å². The molecule has 27 heavy (non-hydrogen) atoms. The number of nitrogens with zero attached hydrogens (tertiary/aromatic N) is 2. The summed E-state index contributed by atoms with van der Waals surface area (Å²) in [5.41, 5.74) is 2.45. The van der Waals surface area contributed by atoms with Crippen LogP contribution in [0.4, 0.5) is 0 Å². The number of carbonyl (C=O) groups excluding carboxylic acids is 1. The Balaban J connectivity index is 1.57. The molecule has 0 bridgehead atoms. The van der Waals surface area contributed by atoms with E-state index in [1.54, 1.807) is 4.90 Å². The van der Waals surface area contributed by atoms with Gasteiger partial charge in [0.25, 0.3) is 5.91 Å². The van der Waals surface area contributed by atoms with Crippen molar-refractivity contribution in [2.75, 3.05) is 25.5 Å². The fraction of sp³-hybridized carbons (Fsp3) is 0.500. The fourth-order valence-electron chi connectivity index (χ4n) is 4.31. The first-order chi connectivity index (χ1) is 13.0. The van der Waals surface area contributed by atoms with Gasteiger partial charge >= 0.3 is 0 Å². The molecule has 3 aliphatic rings. The summed E-state index contributed by atoms with van der Waals surface area (Å²) in [6.07, 6.45) is 2.79. The van der Waals surface area contributed by atoms with Crippen LogP contribution in [0, 0.1) is 0 Å². The summed E-state index contributed by atoms with van der Waals surface area (Å²) in [6.45, 7) is 0.920. The molecule has 2 saturated heterocycles. The highest BCUT2D eigenvalue weighted by Gasteiger charge is 2.45. The second-order valence-electron chi connectivity index (χ2n) is 7.72. The Bertz CT molecular complexity index is 1020. The molecule has 1 amide bonds. The number of fused-ring (bicyclic) bond motifs is 2. The summed E-state index contributed by atoms with van der Waals surface area (Å²) in [7, 11) is -3.22. The van der Waals surface area contributed by atoms with Crippen molar-refractivity contribution in [1.82, 2.24) is 9.88 Å². The van der Waals surface area contributed by atoms with Crippen molar-refractivity contribution < 1.29 is 17.9 Å². The number of hydrogen-bond acceptors (Lipinski definition) is 5. The van der Waals surface area contributed by atoms with Gasteiger partial charge in [-0.2, -0.15) is 0 Å². The van der Waals surface area contributed by atoms with Crippen molar-refractivity contribution >= 4 is 26.6 Å². The summed E-state index contributed by atoms with van der Waals surface area (Å²) >= 11 is 0. The molecular weight excluding hydrogens is 364 g/mol. The van der Waals surface area contributed by atoms with Crippen LogP contribution in [0.1, 0.15) is 41.2 Å². The van der Waals surface area contributed by atoms with Gasteiger partial charge in [0.2, 0.25) is 0 Å². The lowest BCUT2D eigenvalue weighted by molar-refractivity contribution is 0.0295. The normalized spacial score (nSPS) is 27.3. The van der Waals surface area contributed by atoms with Gasteiger partial charge in [-0.3, -0.25) is 9.78 Å². The summed E-state index contributed by atoms with van der Waals surface area (Å²) in [5, 5.41) is 0.226. The van der Waals surface area contributed by atoms with Crippen LogP contribution in [0.3, 0.4) is 0 Å². The first-order valence-electron chi connectivity index (χ1n) is 9.54. The fourth-order valence-corrected chi connectivity index (χ4v) is 6.13. The summed E-state index contributed by atoms with van der Waals surface area (Å²) in [4.78, 5) is 20.1. The van der Waals surface area contributed by atoms with Crippen LogP contribution in [0.15, 0.2) is 30.3 Å². The second-order valence-corrected chi connectivity index (χ2v) is 10.1. The van der Waals surface area contributed by atoms with Crippen molar-refractivity contribution in [3.8, 4) is 0 Å². The number of rotatable bonds is 2. The Morgan fingerprint density at radius 3 is 2.81 bits per heavy atom. The molecule has 0 N–H and O–H groups in total. The molecule has 3 fully saturated rings. The van der Waals surface area contributed by atoms with Crippen LogP contribution in [0.25, 0.3) is 10.9 Å². The number of benzene rings is 1. The largest absolute Gasteiger partial charge is 0.380 e. The van der Waals surface area contributed by atoms with Crippen LogP contribution in [-0.4, -0.2) is 61.0 Å². The van der Waals surface area contributed by atoms with Crippen LogP contribution in [0.5, 0.6) is 0 Å². The average molecular weight is 386 g/mol. The lowest BCUT2D eigenvalue weighted by Gasteiger charge is -2.43. The van der Waals surface area contributed by atoms with Crippen LogP contribution < -0.4 is 0 Å². The Hall–Kier alpha value is -1.99. The average Bonchev–Trinajstić information content (AvgIpc) is 3.52. The van der Waals surface area contributed by atoms with E-state index in [-0.39, 0.29) is 30.9 Å². The Kier molecular flexibility index (Phi) is 3.98. The van der Waals surface area contributed by atoms with Crippen molar-refractivity contribution in [2.45, 2.75) is 36.5 Å². The lowest BCUT2D eigenvalue weighted by Crippen LogP contribution is -2.60. The molecule has 2 atom stereocenters. The number of sulfone groups is 1. The zero-order valence-electron chi connectivity index (χ0n) is 15.0. The first-order valence-corrected chi connectivity index (χ1v) is 11.3. The highest BCUT2D eigenvalue weighted by Crippen LogP contribution is 2.40. The van der Waals surface area contributed by atoms with E-state index in [1.807, 2.05) is 30.3 Å². The van der Waals surface area contributed by atoms with Gasteiger partial charge in [0, 0.05) is 30.1 Å². The van der Waals surface area contributed by atoms with E-state index in [9.17, 15) is 13.2 Å². The molecule has 1 aromatic carbocycles. The van der Waals surface area contributed by atoms with Gasteiger partial charge in [-0.15, -0.1) is 0 Å². The molecular formula is C20H22N2O4S. The topological polar surface area (TPSA) is 76.6 Å². The van der Waals surface area contributed by atoms with Crippen LogP contribution in [-0.2, 0) is 14.6 Å². The third-order valence-corrected chi connectivity index (χ3v) is 8.09. The molecule has 2 aromatic rings. The van der Waals surface area contributed by atoms with Crippen LogP contribution >= 0.6 is 0 Å². The van der Waals surface area contributed by atoms with E-state index in [2.05, 4.69) is 0 Å². The standard InChI is InChI=1S/C20H22N2O4S/c23-20(22-8-10-27(24,25)19-12-26-9-7-18(19)22)15-11-17(13-5-6-13)21-16-4-2-1-3-14(15)16/h1-4,11,13,18-19H,5-10,12H2. The maximum absolute atomic E-state index is 13.5. The lowest BCUT2D eigenvalue weighted by atomic mass is 10.0. The van der Waals surface area contributed by atoms with Crippen LogP contribution in [0.2, 0.25) is 0 Å². The monoisotopic (exact) mass is 386 g/mol. The molecule has 0 radical (unpaired) electrons. The number of hydrogen-bond donors (Lipinski definition) is 0. The third-order valence-electron chi connectivity index (χ3n) is 5.97. The predicted molar refractivity (Wildman–Crippen MR) is 102 cm³/mol. The molecule has 1 saturated carbocycles. The van der Waals surface area contributed by atoms with E-state index in [0.29, 0.717) is 24.5 Å².